The highest BCUT2D eigenvalue weighted by atomic mass is 32.1. The molecule has 3 nitrogen and oxygen atoms in total. The smallest absolute Gasteiger partial charge is 0.200 e. The molecule has 0 aliphatic rings. The Morgan fingerprint density at radius 3 is 2.73 bits per heavy atom. The van der Waals surface area contributed by atoms with Crippen molar-refractivity contribution >= 4 is 17.3 Å². The summed E-state index contributed by atoms with van der Waals surface area (Å²) in [5.74, 6) is 0.839. The lowest BCUT2D eigenvalue weighted by Crippen LogP contribution is -2.05. The van der Waals surface area contributed by atoms with E-state index in [1.165, 1.54) is 9.75 Å². The standard InChI is InChI=1S/C11H15N3S/c1-7-6-12-11(13-7)14-9(3)10-5-4-8(2)15-10/h4-6,9H,1-3H3,(H2,12,13,14). The van der Waals surface area contributed by atoms with E-state index in [-0.39, 0.29) is 0 Å². The molecule has 15 heavy (non-hydrogen) atoms. The van der Waals surface area contributed by atoms with Gasteiger partial charge < -0.3 is 10.3 Å². The number of aryl methyl sites for hydroxylation is 2. The second-order valence-corrected chi connectivity index (χ2v) is 5.05. The van der Waals surface area contributed by atoms with Crippen molar-refractivity contribution in [2.75, 3.05) is 5.32 Å². The third kappa shape index (κ3) is 2.39. The third-order valence-electron chi connectivity index (χ3n) is 2.24. The molecule has 1 atom stereocenters. The number of aromatic amines is 1. The van der Waals surface area contributed by atoms with Crippen molar-refractivity contribution in [2.45, 2.75) is 26.8 Å². The fourth-order valence-corrected chi connectivity index (χ4v) is 2.33. The first kappa shape index (κ1) is 10.2. The summed E-state index contributed by atoms with van der Waals surface area (Å²) in [7, 11) is 0. The SMILES string of the molecule is Cc1cnc(NC(C)c2ccc(C)s2)[nH]1. The highest BCUT2D eigenvalue weighted by Crippen LogP contribution is 2.24. The molecule has 1 unspecified atom stereocenters. The van der Waals surface area contributed by atoms with Crippen LogP contribution in [0.25, 0.3) is 0 Å². The number of aromatic nitrogens is 2. The monoisotopic (exact) mass is 221 g/mol. The van der Waals surface area contributed by atoms with Crippen LogP contribution in [0, 0.1) is 13.8 Å². The largest absolute Gasteiger partial charge is 0.348 e. The molecule has 0 saturated carbocycles. The lowest BCUT2D eigenvalue weighted by atomic mass is 10.3. The van der Waals surface area contributed by atoms with Gasteiger partial charge in [0.15, 0.2) is 0 Å². The van der Waals surface area contributed by atoms with Crippen LogP contribution in [0.4, 0.5) is 5.95 Å². The lowest BCUT2D eigenvalue weighted by molar-refractivity contribution is 0.887. The van der Waals surface area contributed by atoms with E-state index in [1.807, 2.05) is 24.5 Å². The first-order valence-electron chi connectivity index (χ1n) is 4.99. The number of nitrogens with zero attached hydrogens (tertiary/aromatic N) is 1. The maximum atomic E-state index is 4.23. The fraction of sp³-hybridized carbons (Fsp3) is 0.364. The zero-order valence-electron chi connectivity index (χ0n) is 9.16. The number of nitrogens with one attached hydrogen (secondary N) is 2. The number of thiophene rings is 1. The predicted molar refractivity (Wildman–Crippen MR) is 64.4 cm³/mol. The van der Waals surface area contributed by atoms with Crippen LogP contribution in [-0.2, 0) is 0 Å². The molecular weight excluding hydrogens is 206 g/mol. The molecule has 0 aromatic carbocycles. The third-order valence-corrected chi connectivity index (χ3v) is 3.43. The first-order valence-corrected chi connectivity index (χ1v) is 5.81. The molecule has 2 N–H and O–H groups in total. The quantitative estimate of drug-likeness (QED) is 0.835. The van der Waals surface area contributed by atoms with Gasteiger partial charge in [-0.15, -0.1) is 11.3 Å². The minimum absolute atomic E-state index is 0.300. The van der Waals surface area contributed by atoms with Crippen LogP contribution >= 0.6 is 11.3 Å². The Bertz CT molecular complexity index is 444. The van der Waals surface area contributed by atoms with Gasteiger partial charge >= 0.3 is 0 Å². The Morgan fingerprint density at radius 1 is 1.40 bits per heavy atom. The Labute approximate surface area is 93.6 Å². The van der Waals surface area contributed by atoms with Crippen molar-refractivity contribution in [2.24, 2.45) is 0 Å². The van der Waals surface area contributed by atoms with Gasteiger partial charge in [-0.05, 0) is 32.9 Å². The number of anilines is 1. The highest BCUT2D eigenvalue weighted by molar-refractivity contribution is 7.12. The van der Waals surface area contributed by atoms with Gasteiger partial charge in [-0.2, -0.15) is 0 Å². The maximum Gasteiger partial charge on any atom is 0.200 e. The van der Waals surface area contributed by atoms with Crippen molar-refractivity contribution in [3.63, 3.8) is 0 Å². The van der Waals surface area contributed by atoms with Crippen molar-refractivity contribution in [1.29, 1.82) is 0 Å². The summed E-state index contributed by atoms with van der Waals surface area (Å²) in [6.07, 6.45) is 1.83. The van der Waals surface area contributed by atoms with Crippen LogP contribution in [0.2, 0.25) is 0 Å². The second kappa shape index (κ2) is 4.06. The fourth-order valence-electron chi connectivity index (χ4n) is 1.45. The van der Waals surface area contributed by atoms with Crippen molar-refractivity contribution in [3.05, 3.63) is 33.8 Å². The summed E-state index contributed by atoms with van der Waals surface area (Å²) in [5.41, 5.74) is 1.08. The summed E-state index contributed by atoms with van der Waals surface area (Å²) in [6.45, 7) is 6.26. The van der Waals surface area contributed by atoms with Crippen LogP contribution in [0.15, 0.2) is 18.3 Å². The molecule has 2 heterocycles. The first-order chi connectivity index (χ1) is 7.15. The molecule has 2 aromatic rings. The van der Waals surface area contributed by atoms with Crippen molar-refractivity contribution in [3.8, 4) is 0 Å². The molecule has 80 valence electrons. The molecule has 0 aliphatic carbocycles. The van der Waals surface area contributed by atoms with E-state index in [9.17, 15) is 0 Å². The topological polar surface area (TPSA) is 40.7 Å². The summed E-state index contributed by atoms with van der Waals surface area (Å²) in [5, 5.41) is 3.34. The molecule has 0 aliphatic heterocycles. The van der Waals surface area contributed by atoms with Gasteiger partial charge in [0.2, 0.25) is 5.95 Å². The molecule has 2 rings (SSSR count). The Hall–Kier alpha value is -1.29. The Kier molecular flexibility index (Phi) is 2.77. The predicted octanol–water partition coefficient (Wildman–Crippen LogP) is 3.26. The number of H-pyrrole nitrogens is 1. The maximum absolute atomic E-state index is 4.23. The zero-order chi connectivity index (χ0) is 10.8. The molecular formula is C11H15N3S. The van der Waals surface area contributed by atoms with E-state index in [4.69, 9.17) is 0 Å². The van der Waals surface area contributed by atoms with Gasteiger partial charge in [-0.1, -0.05) is 0 Å². The molecule has 0 radical (unpaired) electrons. The van der Waals surface area contributed by atoms with E-state index in [0.717, 1.165) is 11.6 Å². The molecule has 4 heteroatoms. The number of imidazole rings is 1. The normalized spacial score (nSPS) is 12.7. The van der Waals surface area contributed by atoms with Crippen molar-refractivity contribution < 1.29 is 0 Å². The van der Waals surface area contributed by atoms with Gasteiger partial charge in [0.05, 0.1) is 6.04 Å². The second-order valence-electron chi connectivity index (χ2n) is 3.73. The summed E-state index contributed by atoms with van der Waals surface area (Å²) in [4.78, 5) is 10.1. The average Bonchev–Trinajstić information content (AvgIpc) is 2.75. The van der Waals surface area contributed by atoms with Crippen LogP contribution in [0.1, 0.15) is 28.4 Å². The summed E-state index contributed by atoms with van der Waals surface area (Å²) < 4.78 is 0. The van der Waals surface area contributed by atoms with Gasteiger partial charge in [0, 0.05) is 21.6 Å². The van der Waals surface area contributed by atoms with E-state index < -0.39 is 0 Å². The molecule has 0 bridgehead atoms. The molecule has 0 amide bonds. The van der Waals surface area contributed by atoms with Crippen LogP contribution in [0.5, 0.6) is 0 Å². The van der Waals surface area contributed by atoms with Gasteiger partial charge in [0.1, 0.15) is 0 Å². The van der Waals surface area contributed by atoms with Crippen LogP contribution in [0.3, 0.4) is 0 Å². The van der Waals surface area contributed by atoms with Gasteiger partial charge in [-0.25, -0.2) is 4.98 Å². The minimum Gasteiger partial charge on any atom is -0.348 e. The molecule has 2 aromatic heterocycles. The Balaban J connectivity index is 2.06. The Morgan fingerprint density at radius 2 is 2.20 bits per heavy atom. The molecule has 0 fully saturated rings. The van der Waals surface area contributed by atoms with Gasteiger partial charge in [-0.3, -0.25) is 0 Å². The summed E-state index contributed by atoms with van der Waals surface area (Å²) >= 11 is 1.82. The van der Waals surface area contributed by atoms with E-state index >= 15 is 0 Å². The van der Waals surface area contributed by atoms with E-state index in [2.05, 4.69) is 41.3 Å². The molecule has 0 spiro atoms. The average molecular weight is 221 g/mol. The lowest BCUT2D eigenvalue weighted by Gasteiger charge is -2.10. The van der Waals surface area contributed by atoms with E-state index in [1.54, 1.807) is 0 Å². The van der Waals surface area contributed by atoms with Crippen LogP contribution < -0.4 is 5.32 Å². The van der Waals surface area contributed by atoms with Crippen LogP contribution in [-0.4, -0.2) is 9.97 Å². The highest BCUT2D eigenvalue weighted by Gasteiger charge is 2.08. The summed E-state index contributed by atoms with van der Waals surface area (Å²) in [6, 6.07) is 4.60. The number of rotatable bonds is 3. The number of hydrogen-bond acceptors (Lipinski definition) is 3. The number of hydrogen-bond donors (Lipinski definition) is 2. The zero-order valence-corrected chi connectivity index (χ0v) is 9.98. The minimum atomic E-state index is 0.300. The van der Waals surface area contributed by atoms with Crippen molar-refractivity contribution in [1.82, 2.24) is 9.97 Å². The molecule has 0 saturated heterocycles. The van der Waals surface area contributed by atoms with E-state index in [0.29, 0.717) is 6.04 Å². The van der Waals surface area contributed by atoms with Gasteiger partial charge in [0.25, 0.3) is 0 Å².